The van der Waals surface area contributed by atoms with Crippen LogP contribution in [-0.2, 0) is 27.9 Å². The normalized spacial score (nSPS) is 14.4. The molecule has 0 radical (unpaired) electrons. The minimum absolute atomic E-state index is 0.0856. The molecule has 174 valence electrons. The predicted octanol–water partition coefficient (Wildman–Crippen LogP) is 2.92. The van der Waals surface area contributed by atoms with E-state index in [9.17, 15) is 18.0 Å². The van der Waals surface area contributed by atoms with Crippen LogP contribution in [0.5, 0.6) is 0 Å². The fraction of sp³-hybridized carbons (Fsp3) is 0.348. The largest absolute Gasteiger partial charge is 0.468 e. The van der Waals surface area contributed by atoms with Crippen LogP contribution in [0.25, 0.3) is 0 Å². The third-order valence-corrected chi connectivity index (χ3v) is 7.87. The number of Topliss-reactive ketones (excluding diaryl/α,β-unsaturated/α-hetero) is 1. The van der Waals surface area contributed by atoms with Gasteiger partial charge in [-0.05, 0) is 56.7 Å². The van der Waals surface area contributed by atoms with Crippen molar-refractivity contribution in [3.63, 3.8) is 0 Å². The molecule has 0 spiro atoms. The van der Waals surface area contributed by atoms with Crippen LogP contribution in [0, 0.1) is 13.8 Å². The lowest BCUT2D eigenvalue weighted by Gasteiger charge is -2.16. The van der Waals surface area contributed by atoms with Gasteiger partial charge in [0.2, 0.25) is 15.9 Å². The molecule has 1 aliphatic heterocycles. The zero-order valence-corrected chi connectivity index (χ0v) is 19.6. The molecule has 4 rings (SSSR count). The summed E-state index contributed by atoms with van der Waals surface area (Å²) in [5, 5.41) is 4.33. The Morgan fingerprint density at radius 2 is 1.91 bits per heavy atom. The van der Waals surface area contributed by atoms with Crippen LogP contribution in [0.3, 0.4) is 0 Å². The van der Waals surface area contributed by atoms with Gasteiger partial charge in [0.25, 0.3) is 0 Å². The SMILES string of the molecule is Cc1nn(CC(=O)c2ccc(N3CCCC3=O)cc2)c(C)c1S(=O)(=O)N(C)Cc1ccco1. The number of aromatic nitrogens is 2. The highest BCUT2D eigenvalue weighted by Gasteiger charge is 2.30. The lowest BCUT2D eigenvalue weighted by atomic mass is 10.1. The van der Waals surface area contributed by atoms with Crippen LogP contribution >= 0.6 is 0 Å². The van der Waals surface area contributed by atoms with Crippen molar-refractivity contribution in [2.75, 3.05) is 18.5 Å². The molecule has 0 aliphatic carbocycles. The highest BCUT2D eigenvalue weighted by Crippen LogP contribution is 2.25. The van der Waals surface area contributed by atoms with Gasteiger partial charge in [-0.1, -0.05) is 0 Å². The first-order valence-corrected chi connectivity index (χ1v) is 12.1. The number of hydrogen-bond donors (Lipinski definition) is 0. The van der Waals surface area contributed by atoms with Crippen LogP contribution in [0.2, 0.25) is 0 Å². The number of sulfonamides is 1. The lowest BCUT2D eigenvalue weighted by Crippen LogP contribution is -2.27. The molecule has 0 atom stereocenters. The Balaban J connectivity index is 1.52. The van der Waals surface area contributed by atoms with Crippen molar-refractivity contribution in [1.29, 1.82) is 0 Å². The van der Waals surface area contributed by atoms with Crippen molar-refractivity contribution in [1.82, 2.24) is 14.1 Å². The topological polar surface area (TPSA) is 106 Å². The van der Waals surface area contributed by atoms with E-state index in [1.54, 1.807) is 55.1 Å². The molecular formula is C23H26N4O5S. The second kappa shape index (κ2) is 8.95. The number of aryl methyl sites for hydroxylation is 1. The number of carbonyl (C=O) groups excluding carboxylic acids is 2. The molecule has 2 aromatic heterocycles. The molecule has 0 N–H and O–H groups in total. The summed E-state index contributed by atoms with van der Waals surface area (Å²) >= 11 is 0. The summed E-state index contributed by atoms with van der Waals surface area (Å²) in [4.78, 5) is 26.6. The molecule has 1 amide bonds. The average molecular weight is 471 g/mol. The number of benzene rings is 1. The van der Waals surface area contributed by atoms with E-state index in [4.69, 9.17) is 4.42 Å². The van der Waals surface area contributed by atoms with Crippen molar-refractivity contribution in [2.24, 2.45) is 0 Å². The van der Waals surface area contributed by atoms with Crippen LogP contribution in [0.4, 0.5) is 5.69 Å². The Labute approximate surface area is 192 Å². The number of rotatable bonds is 8. The summed E-state index contributed by atoms with van der Waals surface area (Å²) in [5.74, 6) is 0.410. The van der Waals surface area contributed by atoms with E-state index < -0.39 is 10.0 Å². The zero-order chi connectivity index (χ0) is 23.8. The highest BCUT2D eigenvalue weighted by atomic mass is 32.2. The number of carbonyl (C=O) groups is 2. The number of nitrogens with zero attached hydrogens (tertiary/aromatic N) is 4. The lowest BCUT2D eigenvalue weighted by molar-refractivity contribution is -0.117. The van der Waals surface area contributed by atoms with Gasteiger partial charge in [0.15, 0.2) is 5.78 Å². The first kappa shape index (κ1) is 22.9. The van der Waals surface area contributed by atoms with Crippen molar-refractivity contribution >= 4 is 27.4 Å². The van der Waals surface area contributed by atoms with Gasteiger partial charge < -0.3 is 9.32 Å². The Bertz CT molecular complexity index is 1280. The number of amides is 1. The van der Waals surface area contributed by atoms with Gasteiger partial charge in [-0.15, -0.1) is 0 Å². The van der Waals surface area contributed by atoms with Gasteiger partial charge in [0.05, 0.1) is 24.2 Å². The number of hydrogen-bond acceptors (Lipinski definition) is 6. The average Bonchev–Trinajstić information content (AvgIpc) is 3.50. The molecule has 1 saturated heterocycles. The summed E-state index contributed by atoms with van der Waals surface area (Å²) in [6.45, 7) is 3.94. The molecule has 3 aromatic rings. The summed E-state index contributed by atoms with van der Waals surface area (Å²) in [5.41, 5.74) is 1.96. The van der Waals surface area contributed by atoms with Gasteiger partial charge in [-0.25, -0.2) is 8.42 Å². The first-order valence-electron chi connectivity index (χ1n) is 10.6. The maximum atomic E-state index is 13.2. The molecule has 0 bridgehead atoms. The Morgan fingerprint density at radius 3 is 2.52 bits per heavy atom. The Kier molecular flexibility index (Phi) is 6.22. The van der Waals surface area contributed by atoms with Crippen molar-refractivity contribution in [3.05, 3.63) is 65.4 Å². The second-order valence-corrected chi connectivity index (χ2v) is 10.1. The summed E-state index contributed by atoms with van der Waals surface area (Å²) in [6.07, 6.45) is 2.87. The van der Waals surface area contributed by atoms with E-state index in [0.717, 1.165) is 12.1 Å². The minimum atomic E-state index is -3.84. The maximum absolute atomic E-state index is 13.2. The summed E-state index contributed by atoms with van der Waals surface area (Å²) in [6, 6.07) is 10.3. The second-order valence-electron chi connectivity index (χ2n) is 8.12. The maximum Gasteiger partial charge on any atom is 0.246 e. The van der Waals surface area contributed by atoms with Gasteiger partial charge >= 0.3 is 0 Å². The van der Waals surface area contributed by atoms with E-state index in [0.29, 0.717) is 35.7 Å². The molecule has 1 fully saturated rings. The molecule has 1 aliphatic rings. The quantitative estimate of drug-likeness (QED) is 0.469. The van der Waals surface area contributed by atoms with Crippen molar-refractivity contribution in [2.45, 2.75) is 44.7 Å². The highest BCUT2D eigenvalue weighted by molar-refractivity contribution is 7.89. The fourth-order valence-corrected chi connectivity index (χ4v) is 5.55. The van der Waals surface area contributed by atoms with E-state index in [2.05, 4.69) is 5.10 Å². The third-order valence-electron chi connectivity index (χ3n) is 5.81. The molecule has 0 saturated carbocycles. The van der Waals surface area contributed by atoms with E-state index in [1.165, 1.54) is 22.3 Å². The Morgan fingerprint density at radius 1 is 1.18 bits per heavy atom. The van der Waals surface area contributed by atoms with Gasteiger partial charge in [0.1, 0.15) is 17.2 Å². The summed E-state index contributed by atoms with van der Waals surface area (Å²) < 4.78 is 34.2. The number of ketones is 1. The van der Waals surface area contributed by atoms with Crippen molar-refractivity contribution in [3.8, 4) is 0 Å². The zero-order valence-electron chi connectivity index (χ0n) is 18.8. The standard InChI is InChI=1S/C23H26N4O5S/c1-16-23(33(30,31)25(3)14-20-6-5-13-32-20)17(2)27(24-16)15-21(28)18-8-10-19(11-9-18)26-12-4-7-22(26)29/h5-6,8-11,13H,4,7,12,14-15H2,1-3H3. The predicted molar refractivity (Wildman–Crippen MR) is 121 cm³/mol. The molecule has 9 nitrogen and oxygen atoms in total. The molecular weight excluding hydrogens is 444 g/mol. The Hall–Kier alpha value is -3.24. The van der Waals surface area contributed by atoms with E-state index in [1.807, 2.05) is 0 Å². The van der Waals surface area contributed by atoms with Crippen LogP contribution in [0.15, 0.2) is 52.0 Å². The molecule has 33 heavy (non-hydrogen) atoms. The molecule has 10 heteroatoms. The summed E-state index contributed by atoms with van der Waals surface area (Å²) in [7, 11) is -2.36. The monoisotopic (exact) mass is 470 g/mol. The van der Waals surface area contributed by atoms with Gasteiger partial charge in [-0.2, -0.15) is 9.40 Å². The minimum Gasteiger partial charge on any atom is -0.468 e. The number of anilines is 1. The van der Waals surface area contributed by atoms with Crippen LogP contribution in [-0.4, -0.2) is 47.8 Å². The van der Waals surface area contributed by atoms with E-state index >= 15 is 0 Å². The van der Waals surface area contributed by atoms with Crippen LogP contribution < -0.4 is 4.90 Å². The smallest absolute Gasteiger partial charge is 0.246 e. The molecule has 3 heterocycles. The fourth-order valence-electron chi connectivity index (χ4n) is 4.05. The van der Waals surface area contributed by atoms with Gasteiger partial charge in [-0.3, -0.25) is 14.3 Å². The first-order chi connectivity index (χ1) is 15.7. The van der Waals surface area contributed by atoms with Crippen LogP contribution in [0.1, 0.15) is 40.3 Å². The van der Waals surface area contributed by atoms with E-state index in [-0.39, 0.29) is 29.7 Å². The third kappa shape index (κ3) is 4.49. The van der Waals surface area contributed by atoms with Crippen molar-refractivity contribution < 1.29 is 22.4 Å². The molecule has 1 aromatic carbocycles. The molecule has 0 unspecified atom stereocenters. The number of furan rings is 1. The van der Waals surface area contributed by atoms with Gasteiger partial charge in [0, 0.05) is 31.3 Å².